The van der Waals surface area contributed by atoms with E-state index in [0.717, 1.165) is 24.4 Å². The molecular weight excluding hydrogens is 420 g/mol. The molecule has 0 aliphatic carbocycles. The molecular formula is C22H11F6N3. The zero-order valence-corrected chi connectivity index (χ0v) is 15.5. The van der Waals surface area contributed by atoms with Crippen molar-refractivity contribution in [1.82, 2.24) is 14.6 Å². The Balaban J connectivity index is 1.91. The van der Waals surface area contributed by atoms with Crippen LogP contribution in [0, 0.1) is 11.8 Å². The van der Waals surface area contributed by atoms with Crippen LogP contribution >= 0.6 is 0 Å². The Hall–Kier alpha value is -3.80. The van der Waals surface area contributed by atoms with Crippen LogP contribution in [0.5, 0.6) is 0 Å². The Bertz CT molecular complexity index is 1310. The maximum absolute atomic E-state index is 13.6. The van der Waals surface area contributed by atoms with Crippen molar-refractivity contribution >= 4 is 5.65 Å². The summed E-state index contributed by atoms with van der Waals surface area (Å²) in [6, 6.07) is 13.4. The topological polar surface area (TPSA) is 30.2 Å². The van der Waals surface area contributed by atoms with E-state index in [1.165, 1.54) is 6.07 Å². The van der Waals surface area contributed by atoms with Crippen LogP contribution in [-0.4, -0.2) is 14.6 Å². The number of rotatable bonds is 1. The van der Waals surface area contributed by atoms with Crippen molar-refractivity contribution in [2.45, 2.75) is 12.4 Å². The van der Waals surface area contributed by atoms with Crippen LogP contribution in [0.2, 0.25) is 0 Å². The highest BCUT2D eigenvalue weighted by Gasteiger charge is 2.36. The summed E-state index contributed by atoms with van der Waals surface area (Å²) in [7, 11) is 0. The number of aromatic nitrogens is 3. The number of hydrogen-bond donors (Lipinski definition) is 0. The largest absolute Gasteiger partial charge is 0.433 e. The van der Waals surface area contributed by atoms with Gasteiger partial charge in [-0.2, -0.15) is 31.4 Å². The Morgan fingerprint density at radius 2 is 1.52 bits per heavy atom. The van der Waals surface area contributed by atoms with E-state index in [1.54, 1.807) is 30.3 Å². The second-order valence-corrected chi connectivity index (χ2v) is 6.51. The number of nitrogens with zero attached hydrogens (tertiary/aromatic N) is 3. The summed E-state index contributed by atoms with van der Waals surface area (Å²) in [6.45, 7) is 0. The molecule has 0 aliphatic heterocycles. The third-order valence-electron chi connectivity index (χ3n) is 4.36. The van der Waals surface area contributed by atoms with E-state index in [4.69, 9.17) is 0 Å². The molecule has 4 aromatic rings. The molecule has 2 aromatic heterocycles. The van der Waals surface area contributed by atoms with E-state index in [0.29, 0.717) is 16.1 Å². The summed E-state index contributed by atoms with van der Waals surface area (Å²) in [6.07, 6.45) is -8.31. The fourth-order valence-corrected chi connectivity index (χ4v) is 2.92. The third kappa shape index (κ3) is 4.23. The molecule has 4 rings (SSSR count). The van der Waals surface area contributed by atoms with E-state index >= 15 is 0 Å². The van der Waals surface area contributed by atoms with Crippen molar-refractivity contribution in [3.63, 3.8) is 0 Å². The normalized spacial score (nSPS) is 11.9. The fraction of sp³-hybridized carbons (Fsp3) is 0.0909. The van der Waals surface area contributed by atoms with E-state index in [-0.39, 0.29) is 22.5 Å². The Kier molecular flexibility index (Phi) is 4.93. The lowest BCUT2D eigenvalue weighted by Crippen LogP contribution is -2.14. The van der Waals surface area contributed by atoms with Crippen LogP contribution in [-0.2, 0) is 12.4 Å². The van der Waals surface area contributed by atoms with Gasteiger partial charge in [-0.05, 0) is 30.3 Å². The summed E-state index contributed by atoms with van der Waals surface area (Å²) in [5, 5.41) is 3.74. The first-order valence-electron chi connectivity index (χ1n) is 8.83. The van der Waals surface area contributed by atoms with Crippen LogP contribution in [0.4, 0.5) is 26.3 Å². The lowest BCUT2D eigenvalue weighted by Gasteiger charge is -2.12. The van der Waals surface area contributed by atoms with Gasteiger partial charge in [-0.1, -0.05) is 42.2 Å². The predicted molar refractivity (Wildman–Crippen MR) is 101 cm³/mol. The van der Waals surface area contributed by atoms with Crippen molar-refractivity contribution in [2.75, 3.05) is 0 Å². The second kappa shape index (κ2) is 7.47. The molecule has 2 heterocycles. The molecule has 9 heteroatoms. The Morgan fingerprint density at radius 3 is 2.19 bits per heavy atom. The molecule has 0 spiro atoms. The molecule has 0 saturated heterocycles. The van der Waals surface area contributed by atoms with Crippen LogP contribution < -0.4 is 0 Å². The average Bonchev–Trinajstić information content (AvgIpc) is 3.14. The molecule has 0 saturated carbocycles. The lowest BCUT2D eigenvalue weighted by molar-refractivity contribution is -0.142. The van der Waals surface area contributed by atoms with Gasteiger partial charge in [0.1, 0.15) is 0 Å². The Labute approximate surface area is 172 Å². The van der Waals surface area contributed by atoms with Gasteiger partial charge in [0.05, 0.1) is 23.0 Å². The highest BCUT2D eigenvalue weighted by atomic mass is 19.4. The van der Waals surface area contributed by atoms with Gasteiger partial charge >= 0.3 is 12.4 Å². The van der Waals surface area contributed by atoms with Gasteiger partial charge in [-0.3, -0.25) is 0 Å². The molecule has 0 atom stereocenters. The summed E-state index contributed by atoms with van der Waals surface area (Å²) in [5.74, 6) is 5.55. The lowest BCUT2D eigenvalue weighted by atomic mass is 10.1. The zero-order valence-electron chi connectivity index (χ0n) is 15.5. The number of benzene rings is 2. The number of fused-ring (bicyclic) bond motifs is 1. The molecule has 0 unspecified atom stereocenters. The van der Waals surface area contributed by atoms with Gasteiger partial charge in [0.25, 0.3) is 0 Å². The molecule has 0 fully saturated rings. The molecule has 0 N–H and O–H groups in total. The van der Waals surface area contributed by atoms with Crippen molar-refractivity contribution in [3.8, 4) is 23.1 Å². The van der Waals surface area contributed by atoms with E-state index in [9.17, 15) is 26.3 Å². The van der Waals surface area contributed by atoms with Gasteiger partial charge in [0, 0.05) is 11.1 Å². The van der Waals surface area contributed by atoms with E-state index < -0.39 is 23.6 Å². The number of halogens is 6. The van der Waals surface area contributed by atoms with Crippen molar-refractivity contribution < 1.29 is 26.3 Å². The molecule has 31 heavy (non-hydrogen) atoms. The summed E-state index contributed by atoms with van der Waals surface area (Å²) >= 11 is 0. The first-order valence-corrected chi connectivity index (χ1v) is 8.83. The average molecular weight is 431 g/mol. The highest BCUT2D eigenvalue weighted by Crippen LogP contribution is 2.35. The van der Waals surface area contributed by atoms with Crippen molar-refractivity contribution in [3.05, 3.63) is 89.2 Å². The van der Waals surface area contributed by atoms with Gasteiger partial charge in [0.2, 0.25) is 0 Å². The summed E-state index contributed by atoms with van der Waals surface area (Å²) < 4.78 is 80.6. The monoisotopic (exact) mass is 431 g/mol. The summed E-state index contributed by atoms with van der Waals surface area (Å²) in [5.41, 5.74) is -1.99. The maximum Gasteiger partial charge on any atom is 0.433 e. The summed E-state index contributed by atoms with van der Waals surface area (Å²) in [4.78, 5) is 4.15. The third-order valence-corrected chi connectivity index (χ3v) is 4.36. The maximum atomic E-state index is 13.6. The first-order chi connectivity index (χ1) is 14.6. The van der Waals surface area contributed by atoms with Gasteiger partial charge in [-0.25, -0.2) is 9.50 Å². The fourth-order valence-electron chi connectivity index (χ4n) is 2.92. The smallest absolute Gasteiger partial charge is 0.227 e. The minimum Gasteiger partial charge on any atom is -0.227 e. The highest BCUT2D eigenvalue weighted by molar-refractivity contribution is 5.67. The van der Waals surface area contributed by atoms with Gasteiger partial charge in [-0.15, -0.1) is 0 Å². The molecule has 156 valence electrons. The SMILES string of the molecule is FC(F)(F)c1cccc(-c2cc(C(F)(F)F)n3ncc(C#Cc4ccccc4)c3n2)c1. The quantitative estimate of drug-likeness (QED) is 0.280. The number of hydrogen-bond acceptors (Lipinski definition) is 2. The molecule has 0 bridgehead atoms. The molecule has 3 nitrogen and oxygen atoms in total. The minimum atomic E-state index is -4.81. The first kappa shape index (κ1) is 20.5. The van der Waals surface area contributed by atoms with Crippen molar-refractivity contribution in [1.29, 1.82) is 0 Å². The van der Waals surface area contributed by atoms with Gasteiger partial charge < -0.3 is 0 Å². The molecule has 0 radical (unpaired) electrons. The minimum absolute atomic E-state index is 0.106. The van der Waals surface area contributed by atoms with E-state index in [2.05, 4.69) is 21.9 Å². The van der Waals surface area contributed by atoms with Gasteiger partial charge in [0.15, 0.2) is 11.3 Å². The second-order valence-electron chi connectivity index (χ2n) is 6.51. The van der Waals surface area contributed by atoms with Crippen LogP contribution in [0.3, 0.4) is 0 Å². The van der Waals surface area contributed by atoms with Crippen LogP contribution in [0.15, 0.2) is 66.9 Å². The molecule has 0 aliphatic rings. The zero-order chi connectivity index (χ0) is 22.2. The predicted octanol–water partition coefficient (Wildman–Crippen LogP) is 5.83. The van der Waals surface area contributed by atoms with Crippen molar-refractivity contribution in [2.24, 2.45) is 0 Å². The standard InChI is InChI=1S/C22H11F6N3/c23-21(24,25)17-8-4-7-15(11-17)18-12-19(22(26,27)28)31-20(30-18)16(13-29-31)10-9-14-5-2-1-3-6-14/h1-8,11-13H. The van der Waals surface area contributed by atoms with Crippen LogP contribution in [0.25, 0.3) is 16.9 Å². The van der Waals surface area contributed by atoms with Crippen LogP contribution in [0.1, 0.15) is 22.4 Å². The molecule has 2 aromatic carbocycles. The number of alkyl halides is 6. The van der Waals surface area contributed by atoms with E-state index in [1.807, 2.05) is 0 Å². The Morgan fingerprint density at radius 1 is 0.774 bits per heavy atom. The molecule has 0 amide bonds.